The fourth-order valence-electron chi connectivity index (χ4n) is 1.74. The zero-order valence-electron chi connectivity index (χ0n) is 12.5. The van der Waals surface area contributed by atoms with Crippen LogP contribution in [0.25, 0.3) is 5.95 Å². The molecule has 1 N–H and O–H groups in total. The summed E-state index contributed by atoms with van der Waals surface area (Å²) in [5.41, 5.74) is 0. The van der Waals surface area contributed by atoms with Crippen LogP contribution < -0.4 is 10.1 Å². The van der Waals surface area contributed by atoms with Gasteiger partial charge in [0.05, 0.1) is 0 Å². The molecule has 114 valence electrons. The van der Waals surface area contributed by atoms with Crippen LogP contribution in [-0.2, 0) is 0 Å². The highest BCUT2D eigenvalue weighted by Crippen LogP contribution is 2.09. The van der Waals surface area contributed by atoms with E-state index in [4.69, 9.17) is 4.74 Å². The second kappa shape index (κ2) is 7.48. The molecule has 0 aliphatic carbocycles. The van der Waals surface area contributed by atoms with Crippen molar-refractivity contribution in [2.45, 2.75) is 13.8 Å². The molecule has 9 heteroatoms. The van der Waals surface area contributed by atoms with E-state index in [9.17, 15) is 0 Å². The van der Waals surface area contributed by atoms with E-state index in [1.165, 1.54) is 17.3 Å². The normalized spacial score (nSPS) is 10.9. The Morgan fingerprint density at radius 1 is 1.24 bits per heavy atom. The predicted octanol–water partition coefficient (Wildman–Crippen LogP) is 0.215. The van der Waals surface area contributed by atoms with Crippen LogP contribution in [-0.4, -0.2) is 67.9 Å². The molecule has 0 saturated carbocycles. The van der Waals surface area contributed by atoms with Gasteiger partial charge in [0.25, 0.3) is 5.95 Å². The lowest BCUT2D eigenvalue weighted by Gasteiger charge is -2.17. The highest BCUT2D eigenvalue weighted by Gasteiger charge is 2.09. The number of likely N-dealkylation sites (N-methyl/N-ethyl adjacent to an activating group) is 1. The largest absolute Gasteiger partial charge is 0.462 e. The molecule has 21 heavy (non-hydrogen) atoms. The van der Waals surface area contributed by atoms with E-state index in [1.54, 1.807) is 7.05 Å². The van der Waals surface area contributed by atoms with Crippen molar-refractivity contribution in [1.29, 1.82) is 0 Å². The van der Waals surface area contributed by atoms with Crippen LogP contribution in [0.5, 0.6) is 6.01 Å². The SMILES string of the molecule is CCN(CC)CCOc1nc(NC)nc(-n2cncn2)n1. The molecular formula is C12H20N8O. The molecule has 0 aromatic carbocycles. The van der Waals surface area contributed by atoms with Gasteiger partial charge >= 0.3 is 6.01 Å². The summed E-state index contributed by atoms with van der Waals surface area (Å²) < 4.78 is 7.07. The molecule has 0 bridgehead atoms. The number of nitrogens with zero attached hydrogens (tertiary/aromatic N) is 7. The number of hydrogen-bond acceptors (Lipinski definition) is 8. The minimum atomic E-state index is 0.270. The van der Waals surface area contributed by atoms with Gasteiger partial charge in [0, 0.05) is 13.6 Å². The van der Waals surface area contributed by atoms with Crippen molar-refractivity contribution in [3.63, 3.8) is 0 Å². The second-order valence-electron chi connectivity index (χ2n) is 4.21. The van der Waals surface area contributed by atoms with Gasteiger partial charge in [-0.25, -0.2) is 4.98 Å². The molecule has 9 nitrogen and oxygen atoms in total. The molecule has 2 heterocycles. The van der Waals surface area contributed by atoms with Crippen molar-refractivity contribution >= 4 is 5.95 Å². The van der Waals surface area contributed by atoms with Gasteiger partial charge in [0.2, 0.25) is 5.95 Å². The first kappa shape index (κ1) is 15.1. The zero-order valence-corrected chi connectivity index (χ0v) is 12.5. The van der Waals surface area contributed by atoms with E-state index in [2.05, 4.69) is 49.1 Å². The minimum absolute atomic E-state index is 0.270. The molecule has 0 spiro atoms. The van der Waals surface area contributed by atoms with Crippen LogP contribution >= 0.6 is 0 Å². The topological polar surface area (TPSA) is 93.9 Å². The molecule has 0 unspecified atom stereocenters. The van der Waals surface area contributed by atoms with Gasteiger partial charge < -0.3 is 15.0 Å². The third-order valence-corrected chi connectivity index (χ3v) is 2.98. The van der Waals surface area contributed by atoms with E-state index < -0.39 is 0 Å². The Morgan fingerprint density at radius 3 is 2.67 bits per heavy atom. The highest BCUT2D eigenvalue weighted by atomic mass is 16.5. The first-order chi connectivity index (χ1) is 10.3. The van der Waals surface area contributed by atoms with E-state index in [1.807, 2.05) is 0 Å². The molecule has 2 rings (SSSR count). The van der Waals surface area contributed by atoms with Crippen LogP contribution in [0.3, 0.4) is 0 Å². The Balaban J connectivity index is 2.07. The van der Waals surface area contributed by atoms with Crippen molar-refractivity contribution in [2.24, 2.45) is 0 Å². The molecule has 0 amide bonds. The number of ether oxygens (including phenoxy) is 1. The third-order valence-electron chi connectivity index (χ3n) is 2.98. The summed E-state index contributed by atoms with van der Waals surface area (Å²) >= 11 is 0. The van der Waals surface area contributed by atoms with Crippen LogP contribution in [0.4, 0.5) is 5.95 Å². The van der Waals surface area contributed by atoms with E-state index >= 15 is 0 Å². The maximum atomic E-state index is 5.62. The van der Waals surface area contributed by atoms with Crippen LogP contribution in [0.2, 0.25) is 0 Å². The first-order valence-corrected chi connectivity index (χ1v) is 6.90. The first-order valence-electron chi connectivity index (χ1n) is 6.90. The van der Waals surface area contributed by atoms with E-state index in [0.29, 0.717) is 18.5 Å². The van der Waals surface area contributed by atoms with Gasteiger partial charge in [0.1, 0.15) is 19.3 Å². The van der Waals surface area contributed by atoms with E-state index in [0.717, 1.165) is 19.6 Å². The fraction of sp³-hybridized carbons (Fsp3) is 0.583. The van der Waals surface area contributed by atoms with Crippen LogP contribution in [0.15, 0.2) is 12.7 Å². The average molecular weight is 292 g/mol. The molecular weight excluding hydrogens is 272 g/mol. The summed E-state index contributed by atoms with van der Waals surface area (Å²) in [6.45, 7) is 7.56. The number of nitrogens with one attached hydrogen (secondary N) is 1. The van der Waals surface area contributed by atoms with Crippen molar-refractivity contribution in [3.8, 4) is 12.0 Å². The second-order valence-corrected chi connectivity index (χ2v) is 4.21. The van der Waals surface area contributed by atoms with Crippen LogP contribution in [0, 0.1) is 0 Å². The van der Waals surface area contributed by atoms with Crippen molar-refractivity contribution in [1.82, 2.24) is 34.6 Å². The highest BCUT2D eigenvalue weighted by molar-refractivity contribution is 5.28. The fourth-order valence-corrected chi connectivity index (χ4v) is 1.74. The number of anilines is 1. The summed E-state index contributed by atoms with van der Waals surface area (Å²) in [7, 11) is 1.74. The summed E-state index contributed by atoms with van der Waals surface area (Å²) in [4.78, 5) is 18.7. The lowest BCUT2D eigenvalue weighted by molar-refractivity contribution is 0.212. The summed E-state index contributed by atoms with van der Waals surface area (Å²) in [6.07, 6.45) is 2.94. The predicted molar refractivity (Wildman–Crippen MR) is 77.6 cm³/mol. The Labute approximate surface area is 123 Å². The standard InChI is InChI=1S/C12H20N8O/c1-4-19(5-2)6-7-21-12-17-10(13-3)16-11(18-12)20-9-14-8-15-20/h8-9H,4-7H2,1-3H3,(H,13,16,17,18). The Hall–Kier alpha value is -2.29. The number of rotatable bonds is 8. The Bertz CT molecular complexity index is 540. The Morgan fingerprint density at radius 2 is 2.05 bits per heavy atom. The quantitative estimate of drug-likeness (QED) is 0.738. The molecule has 0 radical (unpaired) electrons. The maximum absolute atomic E-state index is 5.62. The third kappa shape index (κ3) is 4.09. The van der Waals surface area contributed by atoms with Crippen molar-refractivity contribution < 1.29 is 4.74 Å². The lowest BCUT2D eigenvalue weighted by Crippen LogP contribution is -2.28. The molecule has 0 aliphatic heterocycles. The molecule has 0 aliphatic rings. The lowest BCUT2D eigenvalue weighted by atomic mass is 10.5. The smallest absolute Gasteiger partial charge is 0.323 e. The summed E-state index contributed by atoms with van der Waals surface area (Å²) in [5, 5.41) is 6.88. The van der Waals surface area contributed by atoms with E-state index in [-0.39, 0.29) is 6.01 Å². The molecule has 0 saturated heterocycles. The summed E-state index contributed by atoms with van der Waals surface area (Å²) in [5.74, 6) is 0.790. The van der Waals surface area contributed by atoms with Gasteiger partial charge in [-0.3, -0.25) is 0 Å². The molecule has 2 aromatic rings. The Kier molecular flexibility index (Phi) is 5.38. The monoisotopic (exact) mass is 292 g/mol. The van der Waals surface area contributed by atoms with Gasteiger partial charge in [-0.15, -0.1) is 0 Å². The van der Waals surface area contributed by atoms with Gasteiger partial charge in [-0.05, 0) is 13.1 Å². The minimum Gasteiger partial charge on any atom is -0.462 e. The van der Waals surface area contributed by atoms with Crippen molar-refractivity contribution in [3.05, 3.63) is 12.7 Å². The van der Waals surface area contributed by atoms with Crippen molar-refractivity contribution in [2.75, 3.05) is 38.6 Å². The maximum Gasteiger partial charge on any atom is 0.323 e. The average Bonchev–Trinajstić information content (AvgIpc) is 3.05. The number of aromatic nitrogens is 6. The zero-order chi connectivity index (χ0) is 15.1. The van der Waals surface area contributed by atoms with Gasteiger partial charge in [-0.2, -0.15) is 24.7 Å². The molecule has 0 atom stereocenters. The molecule has 2 aromatic heterocycles. The van der Waals surface area contributed by atoms with Crippen LogP contribution in [0.1, 0.15) is 13.8 Å². The summed E-state index contributed by atoms with van der Waals surface area (Å²) in [6, 6.07) is 0.270. The van der Waals surface area contributed by atoms with Gasteiger partial charge in [0.15, 0.2) is 0 Å². The molecule has 0 fully saturated rings. The number of hydrogen-bond donors (Lipinski definition) is 1. The van der Waals surface area contributed by atoms with Gasteiger partial charge in [-0.1, -0.05) is 13.8 Å².